The zero-order valence-corrected chi connectivity index (χ0v) is 15.7. The molecule has 3 heterocycles. The summed E-state index contributed by atoms with van der Waals surface area (Å²) in [4.78, 5) is 14.2. The van der Waals surface area contributed by atoms with Crippen LogP contribution in [0.2, 0.25) is 5.02 Å². The van der Waals surface area contributed by atoms with Gasteiger partial charge in [-0.1, -0.05) is 11.6 Å². The lowest BCUT2D eigenvalue weighted by atomic mass is 9.97. The van der Waals surface area contributed by atoms with Gasteiger partial charge in [-0.2, -0.15) is 17.7 Å². The molecular weight excluding hydrogens is 411 g/mol. The van der Waals surface area contributed by atoms with Crippen LogP contribution in [0.1, 0.15) is 18.7 Å². The lowest BCUT2D eigenvalue weighted by Crippen LogP contribution is -2.38. The maximum absolute atomic E-state index is 13.0. The van der Waals surface area contributed by atoms with Crippen molar-refractivity contribution in [3.05, 3.63) is 47.2 Å². The molecule has 0 atom stereocenters. The molecule has 152 valence electrons. The second kappa shape index (κ2) is 7.51. The lowest BCUT2D eigenvalue weighted by Gasteiger charge is -2.31. The number of ether oxygens (including phenoxy) is 1. The number of benzene rings is 1. The smallest absolute Gasteiger partial charge is 0.426 e. The Morgan fingerprint density at radius 2 is 1.76 bits per heavy atom. The van der Waals surface area contributed by atoms with E-state index in [1.165, 1.54) is 6.07 Å². The van der Waals surface area contributed by atoms with Crippen molar-refractivity contribution in [3.63, 3.8) is 0 Å². The predicted octanol–water partition coefficient (Wildman–Crippen LogP) is 3.62. The number of alkyl halides is 3. The first kappa shape index (κ1) is 19.4. The molecule has 0 amide bonds. The number of fused-ring (bicyclic) bond motifs is 1. The molecular formula is C18H15ClF3N5O2. The van der Waals surface area contributed by atoms with Gasteiger partial charge in [-0.25, -0.2) is 0 Å². The molecule has 0 bridgehead atoms. The van der Waals surface area contributed by atoms with Crippen LogP contribution >= 0.6 is 11.6 Å². The maximum atomic E-state index is 13.0. The van der Waals surface area contributed by atoms with E-state index in [2.05, 4.69) is 15.3 Å². The summed E-state index contributed by atoms with van der Waals surface area (Å²) in [5, 5.41) is 11.3. The molecule has 7 nitrogen and oxygen atoms in total. The second-order valence-corrected chi connectivity index (χ2v) is 7.06. The summed E-state index contributed by atoms with van der Waals surface area (Å²) in [6.07, 6.45) is -3.65. The van der Waals surface area contributed by atoms with Crippen molar-refractivity contribution in [2.45, 2.75) is 19.0 Å². The monoisotopic (exact) mass is 425 g/mol. The van der Waals surface area contributed by atoms with Gasteiger partial charge < -0.3 is 9.64 Å². The van der Waals surface area contributed by atoms with Crippen LogP contribution in [0.3, 0.4) is 0 Å². The number of rotatable bonds is 3. The molecule has 29 heavy (non-hydrogen) atoms. The summed E-state index contributed by atoms with van der Waals surface area (Å²) in [5.74, 6) is -1.02. The Morgan fingerprint density at radius 1 is 1.07 bits per heavy atom. The number of esters is 1. The normalized spacial score (nSPS) is 15.7. The highest BCUT2D eigenvalue weighted by Crippen LogP contribution is 2.29. The van der Waals surface area contributed by atoms with Gasteiger partial charge in [-0.05, 0) is 49.2 Å². The van der Waals surface area contributed by atoms with Gasteiger partial charge in [-0.15, -0.1) is 15.3 Å². The fraction of sp³-hybridized carbons (Fsp3) is 0.333. The molecule has 1 fully saturated rings. The molecule has 0 N–H and O–H groups in total. The first-order valence-electron chi connectivity index (χ1n) is 8.83. The highest BCUT2D eigenvalue weighted by molar-refractivity contribution is 6.30. The second-order valence-electron chi connectivity index (χ2n) is 6.62. The number of piperidine rings is 1. The fourth-order valence-corrected chi connectivity index (χ4v) is 3.30. The van der Waals surface area contributed by atoms with Gasteiger partial charge in [0.2, 0.25) is 0 Å². The van der Waals surface area contributed by atoms with Crippen molar-refractivity contribution >= 4 is 29.0 Å². The number of hydrogen-bond acceptors (Lipinski definition) is 6. The number of nitrogens with zero attached hydrogens (tertiary/aromatic N) is 5. The van der Waals surface area contributed by atoms with Crippen molar-refractivity contribution < 1.29 is 22.7 Å². The van der Waals surface area contributed by atoms with E-state index >= 15 is 0 Å². The molecule has 1 saturated heterocycles. The summed E-state index contributed by atoms with van der Waals surface area (Å²) in [6, 6.07) is 9.53. The van der Waals surface area contributed by atoms with E-state index < -0.39 is 12.0 Å². The number of anilines is 1. The molecule has 11 heteroatoms. The molecule has 1 aliphatic rings. The van der Waals surface area contributed by atoms with E-state index in [0.29, 0.717) is 47.0 Å². The quantitative estimate of drug-likeness (QED) is 0.471. The molecule has 0 spiro atoms. The topological polar surface area (TPSA) is 72.6 Å². The molecule has 2 aromatic heterocycles. The summed E-state index contributed by atoms with van der Waals surface area (Å²) < 4.78 is 45.2. The van der Waals surface area contributed by atoms with Crippen molar-refractivity contribution in [1.82, 2.24) is 19.8 Å². The zero-order chi connectivity index (χ0) is 20.6. The van der Waals surface area contributed by atoms with Crippen LogP contribution in [-0.4, -0.2) is 38.9 Å². The highest BCUT2D eigenvalue weighted by atomic mass is 35.5. The minimum absolute atomic E-state index is 0.0162. The molecule has 3 aromatic rings. The predicted molar refractivity (Wildman–Crippen MR) is 97.8 cm³/mol. The largest absolute Gasteiger partial charge is 0.453 e. The van der Waals surface area contributed by atoms with Gasteiger partial charge in [0.25, 0.3) is 5.82 Å². The van der Waals surface area contributed by atoms with Gasteiger partial charge >= 0.3 is 12.1 Å². The first-order valence-corrected chi connectivity index (χ1v) is 9.21. The molecule has 0 unspecified atom stereocenters. The Labute approximate surface area is 168 Å². The third-order valence-corrected chi connectivity index (χ3v) is 4.94. The van der Waals surface area contributed by atoms with Gasteiger partial charge in [0, 0.05) is 18.1 Å². The van der Waals surface area contributed by atoms with E-state index in [9.17, 15) is 18.0 Å². The minimum atomic E-state index is -4.65. The van der Waals surface area contributed by atoms with Crippen LogP contribution < -0.4 is 9.64 Å². The molecule has 0 aliphatic carbocycles. The Balaban J connectivity index is 1.42. The number of hydrogen-bond donors (Lipinski definition) is 0. The van der Waals surface area contributed by atoms with Crippen LogP contribution in [0.4, 0.5) is 19.0 Å². The highest BCUT2D eigenvalue weighted by Gasteiger charge is 2.38. The number of carbonyl (C=O) groups is 1. The molecule has 0 radical (unpaired) electrons. The third-order valence-electron chi connectivity index (χ3n) is 4.69. The Bertz CT molecular complexity index is 1030. The van der Waals surface area contributed by atoms with E-state index in [-0.39, 0.29) is 17.5 Å². The van der Waals surface area contributed by atoms with Crippen LogP contribution in [-0.2, 0) is 11.0 Å². The summed E-state index contributed by atoms with van der Waals surface area (Å²) in [7, 11) is 0. The summed E-state index contributed by atoms with van der Waals surface area (Å²) >= 11 is 5.81. The Morgan fingerprint density at radius 3 is 2.41 bits per heavy atom. The Kier molecular flexibility index (Phi) is 5.03. The van der Waals surface area contributed by atoms with Crippen molar-refractivity contribution in [1.29, 1.82) is 0 Å². The van der Waals surface area contributed by atoms with Crippen molar-refractivity contribution in [2.24, 2.45) is 5.92 Å². The van der Waals surface area contributed by atoms with Crippen molar-refractivity contribution in [3.8, 4) is 5.75 Å². The molecule has 4 rings (SSSR count). The minimum Gasteiger partial charge on any atom is -0.426 e. The average molecular weight is 426 g/mol. The zero-order valence-electron chi connectivity index (χ0n) is 14.9. The number of halogens is 4. The number of carbonyl (C=O) groups excluding carboxylic acids is 1. The Hall–Kier alpha value is -2.88. The molecule has 1 aromatic carbocycles. The first-order chi connectivity index (χ1) is 13.8. The van der Waals surface area contributed by atoms with Gasteiger partial charge in [-0.3, -0.25) is 4.79 Å². The molecule has 0 saturated carbocycles. The van der Waals surface area contributed by atoms with Crippen LogP contribution in [0.25, 0.3) is 5.65 Å². The lowest BCUT2D eigenvalue weighted by molar-refractivity contribution is -0.146. The molecule has 1 aliphatic heterocycles. The van der Waals surface area contributed by atoms with E-state index in [1.807, 2.05) is 4.90 Å². The SMILES string of the molecule is O=C(Oc1ccc(Cl)cc1)C1CCN(c2ccc3nnc(C(F)(F)F)n3n2)CC1. The van der Waals surface area contributed by atoms with Gasteiger partial charge in [0.1, 0.15) is 11.6 Å². The van der Waals surface area contributed by atoms with Crippen LogP contribution in [0, 0.1) is 5.92 Å². The van der Waals surface area contributed by atoms with Crippen LogP contribution in [0.5, 0.6) is 5.75 Å². The standard InChI is InChI=1S/C18H15ClF3N5O2/c19-12-1-3-13(4-2-12)29-16(28)11-7-9-26(10-8-11)15-6-5-14-23-24-17(18(20,21)22)27(14)25-15/h1-6,11H,7-10H2. The fourth-order valence-electron chi connectivity index (χ4n) is 3.17. The summed E-state index contributed by atoms with van der Waals surface area (Å²) in [6.45, 7) is 0.921. The third kappa shape index (κ3) is 4.12. The van der Waals surface area contributed by atoms with Gasteiger partial charge in [0.15, 0.2) is 5.65 Å². The number of aromatic nitrogens is 4. The van der Waals surface area contributed by atoms with Crippen molar-refractivity contribution in [2.75, 3.05) is 18.0 Å². The van der Waals surface area contributed by atoms with E-state index in [0.717, 1.165) is 0 Å². The summed E-state index contributed by atoms with van der Waals surface area (Å²) in [5.41, 5.74) is 0.0162. The van der Waals surface area contributed by atoms with E-state index in [4.69, 9.17) is 16.3 Å². The van der Waals surface area contributed by atoms with E-state index in [1.54, 1.807) is 30.3 Å². The maximum Gasteiger partial charge on any atom is 0.453 e. The van der Waals surface area contributed by atoms with Gasteiger partial charge in [0.05, 0.1) is 5.92 Å². The van der Waals surface area contributed by atoms with Crippen LogP contribution in [0.15, 0.2) is 36.4 Å². The average Bonchev–Trinajstić information content (AvgIpc) is 3.13.